The highest BCUT2D eigenvalue weighted by atomic mass is 35.5. The van der Waals surface area contributed by atoms with Crippen molar-refractivity contribution in [2.24, 2.45) is 5.92 Å². The van der Waals surface area contributed by atoms with Crippen LogP contribution in [0, 0.1) is 5.92 Å². The third-order valence-electron chi connectivity index (χ3n) is 3.11. The van der Waals surface area contributed by atoms with Gasteiger partial charge in [-0.25, -0.2) is 0 Å². The molecule has 0 radical (unpaired) electrons. The van der Waals surface area contributed by atoms with Crippen LogP contribution in [-0.4, -0.2) is 37.0 Å². The maximum Gasteiger partial charge on any atom is 0.222 e. The molecule has 1 aliphatic rings. The average Bonchev–Trinajstić information content (AvgIpc) is 2.27. The summed E-state index contributed by atoms with van der Waals surface area (Å²) < 4.78 is 0. The fourth-order valence-corrected chi connectivity index (χ4v) is 2.11. The van der Waals surface area contributed by atoms with Crippen LogP contribution in [0.15, 0.2) is 0 Å². The zero-order valence-corrected chi connectivity index (χ0v) is 11.3. The molecular weight excluding hydrogens is 224 g/mol. The summed E-state index contributed by atoms with van der Waals surface area (Å²) in [4.78, 5) is 13.7. The number of nitrogens with zero attached hydrogens (tertiary/aromatic N) is 1. The Morgan fingerprint density at radius 2 is 1.94 bits per heavy atom. The molecular formula is C12H25ClN2O. The molecule has 3 nitrogen and oxygen atoms in total. The van der Waals surface area contributed by atoms with Crippen LogP contribution in [0.25, 0.3) is 0 Å². The van der Waals surface area contributed by atoms with Crippen LogP contribution in [0.5, 0.6) is 0 Å². The van der Waals surface area contributed by atoms with E-state index in [9.17, 15) is 4.79 Å². The molecule has 1 saturated heterocycles. The van der Waals surface area contributed by atoms with E-state index in [0.29, 0.717) is 5.91 Å². The fourth-order valence-electron chi connectivity index (χ4n) is 2.11. The van der Waals surface area contributed by atoms with E-state index in [1.807, 2.05) is 4.90 Å². The Bertz CT molecular complexity index is 191. The van der Waals surface area contributed by atoms with Gasteiger partial charge < -0.3 is 10.2 Å². The second-order valence-electron chi connectivity index (χ2n) is 4.38. The number of amides is 1. The average molecular weight is 249 g/mol. The summed E-state index contributed by atoms with van der Waals surface area (Å²) >= 11 is 0. The molecule has 0 saturated carbocycles. The molecule has 0 aromatic rings. The second-order valence-corrected chi connectivity index (χ2v) is 4.38. The summed E-state index contributed by atoms with van der Waals surface area (Å²) in [5, 5.41) is 3.38. The summed E-state index contributed by atoms with van der Waals surface area (Å²) in [5.41, 5.74) is 0. The van der Waals surface area contributed by atoms with E-state index in [1.165, 1.54) is 12.8 Å². The Morgan fingerprint density at radius 1 is 1.31 bits per heavy atom. The summed E-state index contributed by atoms with van der Waals surface area (Å²) in [6.07, 6.45) is 4.03. The Labute approximate surface area is 105 Å². The van der Waals surface area contributed by atoms with E-state index in [1.54, 1.807) is 0 Å². The molecule has 0 unspecified atom stereocenters. The standard InChI is InChI=1S/C12H24N2O.ClH/c1-3-5-12(15)14-8-6-11(7-9-14)10-13-4-2;/h11,13H,3-10H2,1-2H3;1H. The predicted octanol–water partition coefficient (Wildman–Crippen LogP) is 2.06. The molecule has 0 aromatic carbocycles. The topological polar surface area (TPSA) is 32.3 Å². The normalized spacial score (nSPS) is 17.0. The summed E-state index contributed by atoms with van der Waals surface area (Å²) in [6, 6.07) is 0. The van der Waals surface area contributed by atoms with Crippen LogP contribution in [0.2, 0.25) is 0 Å². The van der Waals surface area contributed by atoms with Gasteiger partial charge in [0.25, 0.3) is 0 Å². The molecule has 0 atom stereocenters. The number of halogens is 1. The maximum absolute atomic E-state index is 11.6. The Kier molecular flexibility index (Phi) is 8.67. The van der Waals surface area contributed by atoms with Gasteiger partial charge >= 0.3 is 0 Å². The Hall–Kier alpha value is -0.280. The van der Waals surface area contributed by atoms with Crippen LogP contribution >= 0.6 is 12.4 Å². The summed E-state index contributed by atoms with van der Waals surface area (Å²) in [7, 11) is 0. The molecule has 1 aliphatic heterocycles. The van der Waals surface area contributed by atoms with E-state index in [2.05, 4.69) is 19.2 Å². The third kappa shape index (κ3) is 5.17. The Morgan fingerprint density at radius 3 is 2.44 bits per heavy atom. The van der Waals surface area contributed by atoms with Crippen molar-refractivity contribution in [2.75, 3.05) is 26.2 Å². The zero-order chi connectivity index (χ0) is 11.1. The molecule has 0 aliphatic carbocycles. The van der Waals surface area contributed by atoms with Crippen molar-refractivity contribution in [1.29, 1.82) is 0 Å². The van der Waals surface area contributed by atoms with E-state index in [0.717, 1.165) is 44.9 Å². The molecule has 0 spiro atoms. The number of carbonyl (C=O) groups is 1. The van der Waals surface area contributed by atoms with Gasteiger partial charge in [-0.3, -0.25) is 4.79 Å². The van der Waals surface area contributed by atoms with Crippen molar-refractivity contribution in [3.8, 4) is 0 Å². The van der Waals surface area contributed by atoms with Gasteiger partial charge in [-0.15, -0.1) is 12.4 Å². The quantitative estimate of drug-likeness (QED) is 0.808. The lowest BCUT2D eigenvalue weighted by Crippen LogP contribution is -2.40. The fraction of sp³-hybridized carbons (Fsp3) is 0.917. The number of likely N-dealkylation sites (tertiary alicyclic amines) is 1. The van der Waals surface area contributed by atoms with Gasteiger partial charge in [0, 0.05) is 19.5 Å². The molecule has 0 bridgehead atoms. The van der Waals surface area contributed by atoms with E-state index in [-0.39, 0.29) is 12.4 Å². The molecule has 16 heavy (non-hydrogen) atoms. The molecule has 1 rings (SSSR count). The maximum atomic E-state index is 11.6. The van der Waals surface area contributed by atoms with Crippen molar-refractivity contribution in [1.82, 2.24) is 10.2 Å². The molecule has 1 amide bonds. The highest BCUT2D eigenvalue weighted by Gasteiger charge is 2.21. The van der Waals surface area contributed by atoms with Crippen molar-refractivity contribution in [3.63, 3.8) is 0 Å². The summed E-state index contributed by atoms with van der Waals surface area (Å²) in [6.45, 7) is 8.31. The Balaban J connectivity index is 0.00000225. The first-order chi connectivity index (χ1) is 7.27. The molecule has 1 N–H and O–H groups in total. The van der Waals surface area contributed by atoms with Crippen LogP contribution in [0.3, 0.4) is 0 Å². The van der Waals surface area contributed by atoms with Gasteiger partial charge in [0.15, 0.2) is 0 Å². The largest absolute Gasteiger partial charge is 0.343 e. The minimum Gasteiger partial charge on any atom is -0.343 e. The number of piperidine rings is 1. The van der Waals surface area contributed by atoms with E-state index < -0.39 is 0 Å². The molecule has 96 valence electrons. The lowest BCUT2D eigenvalue weighted by molar-refractivity contribution is -0.132. The zero-order valence-electron chi connectivity index (χ0n) is 10.5. The minimum atomic E-state index is 0. The van der Waals surface area contributed by atoms with Gasteiger partial charge in [0.2, 0.25) is 5.91 Å². The number of carbonyl (C=O) groups excluding carboxylic acids is 1. The minimum absolute atomic E-state index is 0. The predicted molar refractivity (Wildman–Crippen MR) is 70.0 cm³/mol. The van der Waals surface area contributed by atoms with Crippen molar-refractivity contribution in [2.45, 2.75) is 39.5 Å². The third-order valence-corrected chi connectivity index (χ3v) is 3.11. The van der Waals surface area contributed by atoms with Crippen molar-refractivity contribution >= 4 is 18.3 Å². The first kappa shape index (κ1) is 15.7. The summed E-state index contributed by atoms with van der Waals surface area (Å²) in [5.74, 6) is 1.12. The van der Waals surface area contributed by atoms with E-state index >= 15 is 0 Å². The van der Waals surface area contributed by atoms with Crippen LogP contribution in [0.1, 0.15) is 39.5 Å². The van der Waals surface area contributed by atoms with Crippen LogP contribution in [-0.2, 0) is 4.79 Å². The number of rotatable bonds is 5. The van der Waals surface area contributed by atoms with Gasteiger partial charge in [-0.1, -0.05) is 13.8 Å². The highest BCUT2D eigenvalue weighted by Crippen LogP contribution is 2.17. The second kappa shape index (κ2) is 8.82. The number of hydrogen-bond acceptors (Lipinski definition) is 2. The SMILES string of the molecule is CCCC(=O)N1CCC(CNCC)CC1.Cl. The molecule has 1 fully saturated rings. The van der Waals surface area contributed by atoms with Crippen LogP contribution in [0.4, 0.5) is 0 Å². The molecule has 0 aromatic heterocycles. The monoisotopic (exact) mass is 248 g/mol. The van der Waals surface area contributed by atoms with Gasteiger partial charge in [-0.05, 0) is 38.3 Å². The van der Waals surface area contributed by atoms with Crippen molar-refractivity contribution in [3.05, 3.63) is 0 Å². The van der Waals surface area contributed by atoms with E-state index in [4.69, 9.17) is 0 Å². The first-order valence-electron chi connectivity index (χ1n) is 6.26. The molecule has 1 heterocycles. The van der Waals surface area contributed by atoms with Crippen molar-refractivity contribution < 1.29 is 4.79 Å². The smallest absolute Gasteiger partial charge is 0.222 e. The first-order valence-corrected chi connectivity index (χ1v) is 6.26. The van der Waals surface area contributed by atoms with Crippen LogP contribution < -0.4 is 5.32 Å². The lowest BCUT2D eigenvalue weighted by Gasteiger charge is -2.32. The van der Waals surface area contributed by atoms with Gasteiger partial charge in [0.1, 0.15) is 0 Å². The van der Waals surface area contributed by atoms with Gasteiger partial charge in [-0.2, -0.15) is 0 Å². The highest BCUT2D eigenvalue weighted by molar-refractivity contribution is 5.85. The van der Waals surface area contributed by atoms with Gasteiger partial charge in [0.05, 0.1) is 0 Å². The molecule has 4 heteroatoms. The lowest BCUT2D eigenvalue weighted by atomic mass is 9.96. The number of nitrogens with one attached hydrogen (secondary N) is 1. The number of hydrogen-bond donors (Lipinski definition) is 1.